The minimum atomic E-state index is -2.44. The molecule has 6 rings (SSSR count). The molecular weight excluding hydrogens is 425 g/mol. The number of carbonyl (C=O) groups is 1. The van der Waals surface area contributed by atoms with Crippen LogP contribution in [0.25, 0.3) is 0 Å². The fraction of sp³-hybridized carbons (Fsp3) is 0.800. The number of carbonyl (C=O) groups excluding carboxylic acids is 1. The minimum Gasteiger partial charge on any atom is -0.400 e. The summed E-state index contributed by atoms with van der Waals surface area (Å²) >= 11 is 0. The molecule has 8 heteroatoms. The molecule has 2 saturated carbocycles. The summed E-state index contributed by atoms with van der Waals surface area (Å²) in [6, 6.07) is 0.454. The monoisotopic (exact) mass is 460 g/mol. The summed E-state index contributed by atoms with van der Waals surface area (Å²) in [5.41, 5.74) is 2.03. The second kappa shape index (κ2) is 6.49. The van der Waals surface area contributed by atoms with E-state index in [4.69, 9.17) is 9.31 Å². The highest BCUT2D eigenvalue weighted by Crippen LogP contribution is 2.60. The van der Waals surface area contributed by atoms with Crippen LogP contribution in [0.2, 0.25) is 0 Å². The maximum Gasteiger partial charge on any atom is 0.490 e. The second-order valence-electron chi connectivity index (χ2n) is 12.6. The van der Waals surface area contributed by atoms with Crippen LogP contribution >= 0.6 is 0 Å². The van der Waals surface area contributed by atoms with E-state index in [1.165, 1.54) is 5.57 Å². The number of hydrogen-bond acceptors (Lipinski definition) is 4. The van der Waals surface area contributed by atoms with Crippen molar-refractivity contribution in [1.29, 1.82) is 0 Å². The number of hydrogen-bond donors (Lipinski definition) is 0. The molecular formula is C25H35BF2N2O3. The first-order valence-electron chi connectivity index (χ1n) is 12.5. The summed E-state index contributed by atoms with van der Waals surface area (Å²) in [5.74, 6) is -3.16. The number of piperidine rings is 1. The van der Waals surface area contributed by atoms with Crippen LogP contribution in [-0.4, -0.2) is 65.1 Å². The Morgan fingerprint density at radius 2 is 1.52 bits per heavy atom. The first-order valence-corrected chi connectivity index (χ1v) is 12.5. The topological polar surface area (TPSA) is 42.0 Å². The van der Waals surface area contributed by atoms with Gasteiger partial charge in [0.15, 0.2) is 0 Å². The summed E-state index contributed by atoms with van der Waals surface area (Å²) in [5, 5.41) is 0. The average molecular weight is 460 g/mol. The van der Waals surface area contributed by atoms with E-state index < -0.39 is 41.5 Å². The first-order chi connectivity index (χ1) is 15.2. The van der Waals surface area contributed by atoms with Crippen molar-refractivity contribution in [2.24, 2.45) is 17.3 Å². The van der Waals surface area contributed by atoms with Gasteiger partial charge in [0.1, 0.15) is 0 Å². The zero-order valence-electron chi connectivity index (χ0n) is 20.6. The molecule has 2 saturated heterocycles. The van der Waals surface area contributed by atoms with Gasteiger partial charge in [-0.1, -0.05) is 0 Å². The van der Waals surface area contributed by atoms with Crippen molar-refractivity contribution >= 4 is 13.0 Å². The van der Waals surface area contributed by atoms with Crippen molar-refractivity contribution in [2.45, 2.75) is 96.4 Å². The number of rotatable bonds is 3. The Morgan fingerprint density at radius 1 is 0.939 bits per heavy atom. The van der Waals surface area contributed by atoms with Crippen LogP contribution in [-0.2, 0) is 14.1 Å². The maximum atomic E-state index is 13.6. The molecule has 0 radical (unpaired) electrons. The van der Waals surface area contributed by atoms with Crippen molar-refractivity contribution in [3.8, 4) is 0 Å². The molecule has 0 aromatic carbocycles. The quantitative estimate of drug-likeness (QED) is 0.593. The van der Waals surface area contributed by atoms with Crippen molar-refractivity contribution in [3.63, 3.8) is 0 Å². The average Bonchev–Trinajstić information content (AvgIpc) is 3.02. The molecule has 3 heterocycles. The molecule has 33 heavy (non-hydrogen) atoms. The lowest BCUT2D eigenvalue weighted by molar-refractivity contribution is -0.138. The van der Waals surface area contributed by atoms with Crippen molar-refractivity contribution in [3.05, 3.63) is 22.8 Å². The molecule has 0 N–H and O–H groups in total. The van der Waals surface area contributed by atoms with E-state index in [0.29, 0.717) is 19.1 Å². The van der Waals surface area contributed by atoms with E-state index in [-0.39, 0.29) is 11.9 Å². The summed E-state index contributed by atoms with van der Waals surface area (Å²) in [4.78, 5) is 17.8. The Hall–Kier alpha value is -1.25. The fourth-order valence-electron chi connectivity index (χ4n) is 6.57. The number of alkyl halides is 2. The minimum absolute atomic E-state index is 0.139. The van der Waals surface area contributed by atoms with Gasteiger partial charge in [-0.25, -0.2) is 8.78 Å². The molecule has 0 bridgehead atoms. The Bertz CT molecular complexity index is 952. The molecule has 5 nitrogen and oxygen atoms in total. The summed E-state index contributed by atoms with van der Waals surface area (Å²) < 4.78 is 39.8. The molecule has 3 aliphatic heterocycles. The standard InChI is InChI=1S/C25H35BF2N2O3/c1-22(2)17-8-7-14(26-32-23(3,4)24(5,6)33-26)9-20(17)30(21(22)31)16-10-15(11-16)29-12-18-19(13-29)25(18,27)28/h9,15-16,18-19H,7-8,10-13H2,1-6H3/t15?,16?,18-,19-/m1/s1. The van der Waals surface area contributed by atoms with Crippen molar-refractivity contribution in [1.82, 2.24) is 9.80 Å². The largest absolute Gasteiger partial charge is 0.490 e. The van der Waals surface area contributed by atoms with Gasteiger partial charge in [-0.3, -0.25) is 9.69 Å². The predicted molar refractivity (Wildman–Crippen MR) is 121 cm³/mol. The van der Waals surface area contributed by atoms with Crippen LogP contribution in [0.15, 0.2) is 22.8 Å². The van der Waals surface area contributed by atoms with Crippen LogP contribution < -0.4 is 0 Å². The van der Waals surface area contributed by atoms with Gasteiger partial charge in [0.2, 0.25) is 5.91 Å². The fourth-order valence-corrected chi connectivity index (χ4v) is 6.57. The van der Waals surface area contributed by atoms with Crippen molar-refractivity contribution < 1.29 is 22.9 Å². The third kappa shape index (κ3) is 2.96. The van der Waals surface area contributed by atoms with Crippen LogP contribution in [0.3, 0.4) is 0 Å². The molecule has 0 spiro atoms. The molecule has 0 aromatic rings. The SMILES string of the molecule is CC1(C)C(=O)N(C2CC(N3C[C@@H]4[C@@H](C3)C4(F)F)C2)C2=C1CCC(B1OC(C)(C)C(C)(C)O1)=C2. The highest BCUT2D eigenvalue weighted by atomic mass is 19.3. The van der Waals surface area contributed by atoms with Crippen LogP contribution in [0, 0.1) is 17.3 Å². The molecule has 6 aliphatic rings. The van der Waals surface area contributed by atoms with Gasteiger partial charge >= 0.3 is 7.12 Å². The van der Waals surface area contributed by atoms with Crippen molar-refractivity contribution in [2.75, 3.05) is 13.1 Å². The molecule has 0 unspecified atom stereocenters. The van der Waals surface area contributed by atoms with E-state index in [1.54, 1.807) is 0 Å². The molecule has 180 valence electrons. The Morgan fingerprint density at radius 3 is 2.09 bits per heavy atom. The van der Waals surface area contributed by atoms with E-state index in [9.17, 15) is 13.6 Å². The highest BCUT2D eigenvalue weighted by molar-refractivity contribution is 6.54. The van der Waals surface area contributed by atoms with E-state index in [1.807, 2.05) is 18.7 Å². The predicted octanol–water partition coefficient (Wildman–Crippen LogP) is 4.19. The van der Waals surface area contributed by atoms with E-state index in [2.05, 4.69) is 38.7 Å². The third-order valence-electron chi connectivity index (χ3n) is 9.82. The van der Waals surface area contributed by atoms with E-state index in [0.717, 1.165) is 36.9 Å². The molecule has 2 atom stereocenters. The van der Waals surface area contributed by atoms with Gasteiger partial charge in [0, 0.05) is 42.7 Å². The highest BCUT2D eigenvalue weighted by Gasteiger charge is 2.72. The summed E-state index contributed by atoms with van der Waals surface area (Å²) in [6.45, 7) is 13.3. The Kier molecular flexibility index (Phi) is 4.38. The van der Waals surface area contributed by atoms with Gasteiger partial charge < -0.3 is 14.2 Å². The molecule has 4 fully saturated rings. The lowest BCUT2D eigenvalue weighted by Gasteiger charge is -2.46. The second-order valence-corrected chi connectivity index (χ2v) is 12.6. The summed E-state index contributed by atoms with van der Waals surface area (Å²) in [7, 11) is -0.392. The number of allylic oxidation sites excluding steroid dienone is 2. The maximum absolute atomic E-state index is 13.6. The van der Waals surface area contributed by atoms with Gasteiger partial charge in [-0.05, 0) is 84.3 Å². The zero-order chi connectivity index (χ0) is 23.7. The number of fused-ring (bicyclic) bond motifs is 1. The zero-order valence-corrected chi connectivity index (χ0v) is 20.6. The summed E-state index contributed by atoms with van der Waals surface area (Å²) in [6.07, 6.45) is 5.54. The lowest BCUT2D eigenvalue weighted by Crippen LogP contribution is -2.55. The van der Waals surface area contributed by atoms with Crippen LogP contribution in [0.5, 0.6) is 0 Å². The first kappa shape index (κ1) is 22.2. The van der Waals surface area contributed by atoms with Gasteiger partial charge in [-0.15, -0.1) is 0 Å². The van der Waals surface area contributed by atoms with E-state index >= 15 is 0 Å². The number of likely N-dealkylation sites (tertiary alicyclic amines) is 1. The van der Waals surface area contributed by atoms with Gasteiger partial charge in [0.25, 0.3) is 5.92 Å². The number of halogens is 2. The lowest BCUT2D eigenvalue weighted by atomic mass is 9.70. The van der Waals surface area contributed by atoms with Gasteiger partial charge in [0.05, 0.1) is 16.6 Å². The van der Waals surface area contributed by atoms with Gasteiger partial charge in [-0.2, -0.15) is 0 Å². The van der Waals surface area contributed by atoms with Crippen LogP contribution in [0.4, 0.5) is 8.78 Å². The molecule has 3 aliphatic carbocycles. The third-order valence-corrected chi connectivity index (χ3v) is 9.82. The molecule has 0 aromatic heterocycles. The Labute approximate surface area is 195 Å². The molecule has 1 amide bonds. The normalized spacial score (nSPS) is 40.0. The Balaban J connectivity index is 1.20. The number of amides is 1. The van der Waals surface area contributed by atoms with Crippen LogP contribution in [0.1, 0.15) is 67.2 Å². The smallest absolute Gasteiger partial charge is 0.400 e. The number of nitrogens with zero attached hydrogens (tertiary/aromatic N) is 2.